The van der Waals surface area contributed by atoms with Crippen molar-refractivity contribution in [3.63, 3.8) is 0 Å². The molecule has 7 heteroatoms. The Morgan fingerprint density at radius 1 is 1.04 bits per heavy atom. The first-order valence-electron chi connectivity index (χ1n) is 7.28. The van der Waals surface area contributed by atoms with E-state index in [1.165, 1.54) is 13.3 Å². The van der Waals surface area contributed by atoms with Crippen molar-refractivity contribution >= 4 is 34.8 Å². The summed E-state index contributed by atoms with van der Waals surface area (Å²) in [6.07, 6.45) is 4.64. The molecule has 0 radical (unpaired) electrons. The van der Waals surface area contributed by atoms with Crippen molar-refractivity contribution in [2.24, 2.45) is 0 Å². The number of ether oxygens (including phenoxy) is 1. The van der Waals surface area contributed by atoms with Crippen LogP contribution in [0.3, 0.4) is 0 Å². The van der Waals surface area contributed by atoms with E-state index in [-0.39, 0.29) is 11.6 Å². The first-order chi connectivity index (χ1) is 12.0. The van der Waals surface area contributed by atoms with Gasteiger partial charge in [-0.05, 0) is 41.5 Å². The third kappa shape index (κ3) is 4.26. The Balaban J connectivity index is 1.86. The molecule has 0 saturated heterocycles. The van der Waals surface area contributed by atoms with Crippen LogP contribution in [-0.4, -0.2) is 23.0 Å². The monoisotopic (exact) mass is 373 g/mol. The van der Waals surface area contributed by atoms with Gasteiger partial charge in [-0.3, -0.25) is 14.8 Å². The zero-order valence-electron chi connectivity index (χ0n) is 13.2. The molecule has 0 aliphatic carbocycles. The summed E-state index contributed by atoms with van der Waals surface area (Å²) in [5.41, 5.74) is 2.36. The molecule has 0 aliphatic rings. The van der Waals surface area contributed by atoms with Crippen LogP contribution in [0, 0.1) is 0 Å². The van der Waals surface area contributed by atoms with E-state index >= 15 is 0 Å². The minimum absolute atomic E-state index is 0.261. The number of rotatable bonds is 4. The van der Waals surface area contributed by atoms with Crippen LogP contribution in [0.15, 0.2) is 55.0 Å². The summed E-state index contributed by atoms with van der Waals surface area (Å²) in [6, 6.07) is 10.3. The molecule has 1 amide bonds. The van der Waals surface area contributed by atoms with Crippen LogP contribution in [0.4, 0.5) is 5.69 Å². The Bertz CT molecular complexity index is 911. The highest BCUT2D eigenvalue weighted by Gasteiger charge is 2.11. The van der Waals surface area contributed by atoms with Crippen LogP contribution < -0.4 is 10.1 Å². The topological polar surface area (TPSA) is 64.1 Å². The van der Waals surface area contributed by atoms with E-state index in [0.29, 0.717) is 21.5 Å². The molecule has 25 heavy (non-hydrogen) atoms. The number of nitrogens with one attached hydrogen (secondary N) is 1. The largest absolute Gasteiger partial charge is 0.495 e. The second kappa shape index (κ2) is 7.51. The number of amides is 1. The maximum absolute atomic E-state index is 12.4. The molecule has 0 saturated carbocycles. The molecular weight excluding hydrogens is 361 g/mol. The molecule has 126 valence electrons. The van der Waals surface area contributed by atoms with E-state index in [9.17, 15) is 4.79 Å². The van der Waals surface area contributed by atoms with E-state index in [2.05, 4.69) is 15.3 Å². The fourth-order valence-corrected chi connectivity index (χ4v) is 2.77. The molecular formula is C18H13Cl2N3O2. The minimum atomic E-state index is -0.356. The van der Waals surface area contributed by atoms with Gasteiger partial charge < -0.3 is 10.1 Å². The average Bonchev–Trinajstić information content (AvgIpc) is 2.61. The van der Waals surface area contributed by atoms with E-state index in [0.717, 1.165) is 11.1 Å². The molecule has 3 aromatic rings. The van der Waals surface area contributed by atoms with E-state index in [1.54, 1.807) is 48.8 Å². The maximum Gasteiger partial charge on any atom is 0.274 e. The highest BCUT2D eigenvalue weighted by molar-refractivity contribution is 6.35. The smallest absolute Gasteiger partial charge is 0.274 e. The van der Waals surface area contributed by atoms with Gasteiger partial charge in [0, 0.05) is 22.3 Å². The Morgan fingerprint density at radius 2 is 1.80 bits per heavy atom. The summed E-state index contributed by atoms with van der Waals surface area (Å²) in [4.78, 5) is 20.6. The predicted octanol–water partition coefficient (Wildman–Crippen LogP) is 4.71. The molecule has 1 aromatic carbocycles. The first kappa shape index (κ1) is 17.2. The average molecular weight is 374 g/mol. The number of halogens is 2. The maximum atomic E-state index is 12.4. The van der Waals surface area contributed by atoms with E-state index in [4.69, 9.17) is 27.9 Å². The van der Waals surface area contributed by atoms with E-state index in [1.807, 2.05) is 0 Å². The highest BCUT2D eigenvalue weighted by Crippen LogP contribution is 2.27. The van der Waals surface area contributed by atoms with Gasteiger partial charge in [-0.2, -0.15) is 0 Å². The van der Waals surface area contributed by atoms with Crippen molar-refractivity contribution < 1.29 is 9.53 Å². The Kier molecular flexibility index (Phi) is 5.16. The number of anilines is 1. The minimum Gasteiger partial charge on any atom is -0.495 e. The molecule has 0 atom stereocenters. The van der Waals surface area contributed by atoms with Gasteiger partial charge in [-0.25, -0.2) is 0 Å². The van der Waals surface area contributed by atoms with Gasteiger partial charge in [0.05, 0.1) is 25.2 Å². The summed E-state index contributed by atoms with van der Waals surface area (Å²) in [6.45, 7) is 0. The molecule has 0 unspecified atom stereocenters. The number of benzene rings is 1. The number of hydrogen-bond donors (Lipinski definition) is 1. The van der Waals surface area contributed by atoms with Crippen molar-refractivity contribution in [1.82, 2.24) is 9.97 Å². The third-order valence-electron chi connectivity index (χ3n) is 3.40. The standard InChI is InChI=1S/C18H13Cl2N3O2/c1-25-16-8-15(9-21-10-16)23-18(24)17-6-11(2-3-22-17)12-4-13(19)7-14(20)5-12/h2-10H,1H3,(H,23,24). The van der Waals surface area contributed by atoms with Crippen LogP contribution in [0.5, 0.6) is 5.75 Å². The van der Waals surface area contributed by atoms with Crippen molar-refractivity contribution in [3.8, 4) is 16.9 Å². The molecule has 0 spiro atoms. The Hall–Kier alpha value is -2.63. The number of hydrogen-bond acceptors (Lipinski definition) is 4. The summed E-state index contributed by atoms with van der Waals surface area (Å²) in [5.74, 6) is 0.193. The second-order valence-corrected chi connectivity index (χ2v) is 6.03. The fraction of sp³-hybridized carbons (Fsp3) is 0.0556. The molecule has 0 fully saturated rings. The van der Waals surface area contributed by atoms with Crippen molar-refractivity contribution in [1.29, 1.82) is 0 Å². The molecule has 0 aliphatic heterocycles. The van der Waals surface area contributed by atoms with Gasteiger partial charge in [0.15, 0.2) is 0 Å². The number of pyridine rings is 2. The zero-order chi connectivity index (χ0) is 17.8. The van der Waals surface area contributed by atoms with Gasteiger partial charge in [-0.15, -0.1) is 0 Å². The van der Waals surface area contributed by atoms with Gasteiger partial charge in [0.25, 0.3) is 5.91 Å². The van der Waals surface area contributed by atoms with Crippen LogP contribution >= 0.6 is 23.2 Å². The first-order valence-corrected chi connectivity index (χ1v) is 8.03. The van der Waals surface area contributed by atoms with Crippen molar-refractivity contribution in [3.05, 3.63) is 70.7 Å². The molecule has 0 bridgehead atoms. The quantitative estimate of drug-likeness (QED) is 0.718. The van der Waals surface area contributed by atoms with Gasteiger partial charge in [0.2, 0.25) is 0 Å². The van der Waals surface area contributed by atoms with Crippen LogP contribution in [0.25, 0.3) is 11.1 Å². The number of carbonyl (C=O) groups excluding carboxylic acids is 1. The molecule has 2 aromatic heterocycles. The van der Waals surface area contributed by atoms with Crippen molar-refractivity contribution in [2.45, 2.75) is 0 Å². The summed E-state index contributed by atoms with van der Waals surface area (Å²) in [7, 11) is 1.53. The second-order valence-electron chi connectivity index (χ2n) is 5.16. The Morgan fingerprint density at radius 3 is 2.52 bits per heavy atom. The zero-order valence-corrected chi connectivity index (χ0v) is 14.7. The van der Waals surface area contributed by atoms with Gasteiger partial charge in [0.1, 0.15) is 11.4 Å². The summed E-state index contributed by atoms with van der Waals surface area (Å²) < 4.78 is 5.09. The number of methoxy groups -OCH3 is 1. The van der Waals surface area contributed by atoms with Crippen LogP contribution in [0.2, 0.25) is 10.0 Å². The predicted molar refractivity (Wildman–Crippen MR) is 98.4 cm³/mol. The lowest BCUT2D eigenvalue weighted by Crippen LogP contribution is -2.13. The summed E-state index contributed by atoms with van der Waals surface area (Å²) >= 11 is 12.1. The lowest BCUT2D eigenvalue weighted by Gasteiger charge is -2.08. The Labute approximate surface area is 154 Å². The van der Waals surface area contributed by atoms with Crippen LogP contribution in [-0.2, 0) is 0 Å². The number of carbonyl (C=O) groups is 1. The van der Waals surface area contributed by atoms with Crippen LogP contribution in [0.1, 0.15) is 10.5 Å². The number of nitrogens with zero attached hydrogens (tertiary/aromatic N) is 2. The fourth-order valence-electron chi connectivity index (χ4n) is 2.25. The molecule has 5 nitrogen and oxygen atoms in total. The molecule has 1 N–H and O–H groups in total. The normalized spacial score (nSPS) is 10.4. The lowest BCUT2D eigenvalue weighted by molar-refractivity contribution is 0.102. The van der Waals surface area contributed by atoms with Gasteiger partial charge in [-0.1, -0.05) is 23.2 Å². The van der Waals surface area contributed by atoms with Gasteiger partial charge >= 0.3 is 0 Å². The number of aromatic nitrogens is 2. The third-order valence-corrected chi connectivity index (χ3v) is 3.83. The SMILES string of the molecule is COc1cncc(NC(=O)c2cc(-c3cc(Cl)cc(Cl)c3)ccn2)c1. The van der Waals surface area contributed by atoms with E-state index < -0.39 is 0 Å². The molecule has 3 rings (SSSR count). The molecule has 2 heterocycles. The summed E-state index contributed by atoms with van der Waals surface area (Å²) in [5, 5.41) is 3.78. The van der Waals surface area contributed by atoms with Crippen molar-refractivity contribution in [2.75, 3.05) is 12.4 Å². The highest BCUT2D eigenvalue weighted by atomic mass is 35.5. The lowest BCUT2D eigenvalue weighted by atomic mass is 10.1.